The lowest BCUT2D eigenvalue weighted by molar-refractivity contribution is 0.105. The second-order valence-corrected chi connectivity index (χ2v) is 5.90. The van der Waals surface area contributed by atoms with Gasteiger partial charge in [0.05, 0.1) is 13.2 Å². The van der Waals surface area contributed by atoms with Crippen LogP contribution in [-0.4, -0.2) is 45.9 Å². The zero-order valence-corrected chi connectivity index (χ0v) is 17.3. The molecule has 5 nitrogen and oxygen atoms in total. The molecule has 24 heavy (non-hydrogen) atoms. The summed E-state index contributed by atoms with van der Waals surface area (Å²) in [6.07, 6.45) is 4.76. The van der Waals surface area contributed by atoms with Gasteiger partial charge in [0.15, 0.2) is 5.96 Å². The Balaban J connectivity index is 0.00000288. The molecule has 1 aliphatic heterocycles. The van der Waals surface area contributed by atoms with Crippen LogP contribution in [-0.2, 0) is 11.2 Å². The molecule has 1 unspecified atom stereocenters. The van der Waals surface area contributed by atoms with Crippen molar-refractivity contribution in [3.8, 4) is 5.75 Å². The zero-order chi connectivity index (χ0) is 16.5. The van der Waals surface area contributed by atoms with Gasteiger partial charge in [-0.25, -0.2) is 0 Å². The summed E-state index contributed by atoms with van der Waals surface area (Å²) in [5, 5.41) is 6.70. The highest BCUT2D eigenvalue weighted by Gasteiger charge is 2.14. The molecule has 1 fully saturated rings. The predicted molar refractivity (Wildman–Crippen MR) is 110 cm³/mol. The number of halogens is 1. The molecular formula is C18H30IN3O2. The van der Waals surface area contributed by atoms with E-state index in [-0.39, 0.29) is 24.0 Å². The van der Waals surface area contributed by atoms with Gasteiger partial charge in [-0.05, 0) is 49.8 Å². The molecule has 6 heteroatoms. The first-order valence-corrected chi connectivity index (χ1v) is 8.42. The monoisotopic (exact) mass is 447 g/mol. The number of aliphatic imine (C=N–C) groups is 1. The molecule has 136 valence electrons. The molecule has 1 atom stereocenters. The van der Waals surface area contributed by atoms with E-state index in [2.05, 4.69) is 40.7 Å². The molecule has 0 aromatic heterocycles. The lowest BCUT2D eigenvalue weighted by Crippen LogP contribution is -2.39. The second-order valence-electron chi connectivity index (χ2n) is 5.90. The molecule has 0 radical (unpaired) electrons. The average molecular weight is 447 g/mol. The number of hydrogen-bond donors (Lipinski definition) is 2. The van der Waals surface area contributed by atoms with Gasteiger partial charge in [-0.2, -0.15) is 0 Å². The Kier molecular flexibility index (Phi) is 10.1. The highest BCUT2D eigenvalue weighted by Crippen LogP contribution is 2.19. The van der Waals surface area contributed by atoms with Crippen LogP contribution in [0.2, 0.25) is 0 Å². The van der Waals surface area contributed by atoms with Gasteiger partial charge in [-0.15, -0.1) is 24.0 Å². The Morgan fingerprint density at radius 3 is 2.79 bits per heavy atom. The molecule has 2 rings (SSSR count). The first kappa shape index (κ1) is 21.0. The Bertz CT molecular complexity index is 517. The molecule has 1 aliphatic rings. The standard InChI is InChI=1S/C18H29N3O2.HI/c1-14-6-7-15(13-17(14)22-3)8-10-20-18(19-2)21-11-9-16-5-4-12-23-16;/h6-7,13,16H,4-5,8-12H2,1-3H3,(H2,19,20,21);1H. The third kappa shape index (κ3) is 6.84. The fraction of sp³-hybridized carbons (Fsp3) is 0.611. The minimum atomic E-state index is 0. The summed E-state index contributed by atoms with van der Waals surface area (Å²) in [6, 6.07) is 6.35. The molecule has 2 N–H and O–H groups in total. The van der Waals surface area contributed by atoms with Gasteiger partial charge >= 0.3 is 0 Å². The molecule has 0 saturated carbocycles. The van der Waals surface area contributed by atoms with E-state index in [9.17, 15) is 0 Å². The number of guanidine groups is 1. The molecule has 0 aliphatic carbocycles. The maximum atomic E-state index is 5.63. The highest BCUT2D eigenvalue weighted by atomic mass is 127. The SMILES string of the molecule is CN=C(NCCc1ccc(C)c(OC)c1)NCCC1CCCO1.I. The van der Waals surface area contributed by atoms with Crippen molar-refractivity contribution in [1.29, 1.82) is 0 Å². The summed E-state index contributed by atoms with van der Waals surface area (Å²) in [7, 11) is 3.51. The minimum absolute atomic E-state index is 0. The van der Waals surface area contributed by atoms with E-state index >= 15 is 0 Å². The number of rotatable bonds is 7. The number of nitrogens with zero attached hydrogens (tertiary/aromatic N) is 1. The predicted octanol–water partition coefficient (Wildman–Crippen LogP) is 2.90. The van der Waals surface area contributed by atoms with Gasteiger partial charge in [0, 0.05) is 26.7 Å². The highest BCUT2D eigenvalue weighted by molar-refractivity contribution is 14.0. The molecule has 1 saturated heterocycles. The van der Waals surface area contributed by atoms with Gasteiger partial charge in [0.2, 0.25) is 0 Å². The first-order valence-electron chi connectivity index (χ1n) is 8.42. The Labute approximate surface area is 162 Å². The third-order valence-electron chi connectivity index (χ3n) is 4.18. The van der Waals surface area contributed by atoms with Crippen molar-refractivity contribution in [2.45, 2.75) is 38.7 Å². The lowest BCUT2D eigenvalue weighted by Gasteiger charge is -2.14. The van der Waals surface area contributed by atoms with Crippen molar-refractivity contribution in [3.63, 3.8) is 0 Å². The van der Waals surface area contributed by atoms with Crippen LogP contribution in [0.4, 0.5) is 0 Å². The average Bonchev–Trinajstić information content (AvgIpc) is 3.08. The number of nitrogens with one attached hydrogen (secondary N) is 2. The van der Waals surface area contributed by atoms with Crippen LogP contribution in [0.25, 0.3) is 0 Å². The van der Waals surface area contributed by atoms with Crippen LogP contribution >= 0.6 is 24.0 Å². The smallest absolute Gasteiger partial charge is 0.190 e. The lowest BCUT2D eigenvalue weighted by atomic mass is 10.1. The van der Waals surface area contributed by atoms with E-state index in [0.717, 1.165) is 49.8 Å². The fourth-order valence-electron chi connectivity index (χ4n) is 2.79. The van der Waals surface area contributed by atoms with E-state index in [1.165, 1.54) is 18.4 Å². The molecule has 0 spiro atoms. The summed E-state index contributed by atoms with van der Waals surface area (Å²) < 4.78 is 11.0. The van der Waals surface area contributed by atoms with Gasteiger partial charge in [0.25, 0.3) is 0 Å². The Morgan fingerprint density at radius 2 is 2.12 bits per heavy atom. The van der Waals surface area contributed by atoms with Crippen LogP contribution in [0.15, 0.2) is 23.2 Å². The molecular weight excluding hydrogens is 417 g/mol. The normalized spacial score (nSPS) is 17.3. The maximum Gasteiger partial charge on any atom is 0.190 e. The van der Waals surface area contributed by atoms with Gasteiger partial charge in [-0.1, -0.05) is 12.1 Å². The minimum Gasteiger partial charge on any atom is -0.496 e. The number of ether oxygens (including phenoxy) is 2. The van der Waals surface area contributed by atoms with Crippen molar-refractivity contribution < 1.29 is 9.47 Å². The molecule has 1 heterocycles. The van der Waals surface area contributed by atoms with Crippen molar-refractivity contribution in [2.75, 3.05) is 33.9 Å². The van der Waals surface area contributed by atoms with E-state index in [1.54, 1.807) is 14.2 Å². The van der Waals surface area contributed by atoms with Crippen molar-refractivity contribution in [3.05, 3.63) is 29.3 Å². The van der Waals surface area contributed by atoms with Crippen LogP contribution in [0.5, 0.6) is 5.75 Å². The van der Waals surface area contributed by atoms with Crippen LogP contribution in [0, 0.1) is 6.92 Å². The molecule has 1 aromatic rings. The molecule has 0 amide bonds. The fourth-order valence-corrected chi connectivity index (χ4v) is 2.79. The van der Waals surface area contributed by atoms with Crippen LogP contribution in [0.3, 0.4) is 0 Å². The largest absolute Gasteiger partial charge is 0.496 e. The summed E-state index contributed by atoms with van der Waals surface area (Å²) in [5.41, 5.74) is 2.42. The zero-order valence-electron chi connectivity index (χ0n) is 14.9. The van der Waals surface area contributed by atoms with E-state index < -0.39 is 0 Å². The number of benzene rings is 1. The number of hydrogen-bond acceptors (Lipinski definition) is 3. The summed E-state index contributed by atoms with van der Waals surface area (Å²) in [6.45, 7) is 4.70. The Hall–Kier alpha value is -1.02. The van der Waals surface area contributed by atoms with Gasteiger partial charge in [-0.3, -0.25) is 4.99 Å². The topological polar surface area (TPSA) is 54.9 Å². The number of methoxy groups -OCH3 is 1. The van der Waals surface area contributed by atoms with Crippen molar-refractivity contribution >= 4 is 29.9 Å². The van der Waals surface area contributed by atoms with Crippen LogP contribution in [0.1, 0.15) is 30.4 Å². The molecule has 0 bridgehead atoms. The van der Waals surface area contributed by atoms with E-state index in [1.807, 2.05) is 0 Å². The maximum absolute atomic E-state index is 5.63. The summed E-state index contributed by atoms with van der Waals surface area (Å²) in [5.74, 6) is 1.80. The quantitative estimate of drug-likeness (QED) is 0.384. The van der Waals surface area contributed by atoms with Gasteiger partial charge in [0.1, 0.15) is 5.75 Å². The number of aryl methyl sites for hydroxylation is 1. The first-order chi connectivity index (χ1) is 11.2. The van der Waals surface area contributed by atoms with E-state index in [4.69, 9.17) is 9.47 Å². The van der Waals surface area contributed by atoms with Crippen LogP contribution < -0.4 is 15.4 Å². The summed E-state index contributed by atoms with van der Waals surface area (Å²) in [4.78, 5) is 4.26. The van der Waals surface area contributed by atoms with Gasteiger partial charge < -0.3 is 20.1 Å². The molecule has 1 aromatic carbocycles. The van der Waals surface area contributed by atoms with Crippen molar-refractivity contribution in [2.24, 2.45) is 4.99 Å². The second kappa shape index (κ2) is 11.5. The van der Waals surface area contributed by atoms with Crippen molar-refractivity contribution in [1.82, 2.24) is 10.6 Å². The Morgan fingerprint density at radius 1 is 1.33 bits per heavy atom. The van der Waals surface area contributed by atoms with E-state index in [0.29, 0.717) is 6.10 Å². The summed E-state index contributed by atoms with van der Waals surface area (Å²) >= 11 is 0. The third-order valence-corrected chi connectivity index (χ3v) is 4.18.